The second kappa shape index (κ2) is 6.83. The van der Waals surface area contributed by atoms with E-state index in [0.29, 0.717) is 12.5 Å². The predicted molar refractivity (Wildman–Crippen MR) is 97.2 cm³/mol. The number of rotatable bonds is 5. The van der Waals surface area contributed by atoms with Crippen LogP contribution >= 0.6 is 11.3 Å². The van der Waals surface area contributed by atoms with E-state index in [1.165, 1.54) is 11.1 Å². The molecule has 1 aromatic carbocycles. The van der Waals surface area contributed by atoms with E-state index in [4.69, 9.17) is 5.73 Å². The van der Waals surface area contributed by atoms with Gasteiger partial charge in [-0.2, -0.15) is 0 Å². The predicted octanol–water partition coefficient (Wildman–Crippen LogP) is 3.45. The van der Waals surface area contributed by atoms with Crippen molar-refractivity contribution in [3.63, 3.8) is 0 Å². The number of nitrogens with one attached hydrogen (secondary N) is 1. The molecular weight excluding hydrogens is 306 g/mol. The van der Waals surface area contributed by atoms with Crippen molar-refractivity contribution in [2.24, 2.45) is 10.7 Å². The van der Waals surface area contributed by atoms with Gasteiger partial charge in [-0.05, 0) is 24.0 Å². The minimum absolute atomic E-state index is 0.428. The van der Waals surface area contributed by atoms with Crippen molar-refractivity contribution in [2.75, 3.05) is 5.32 Å². The Hall–Kier alpha value is -2.34. The average Bonchev–Trinajstić information content (AvgIpc) is 3.14. The standard InChI is InChI=1S/C17H21N5S/c1-3-12-6-5-7-13(4-2)15(12)21-16(18)19-10-14-11-22-8-9-23-17(22)20-14/h5-9,11H,3-4,10H2,1-2H3,(H3,18,19,21). The first-order chi connectivity index (χ1) is 11.2. The van der Waals surface area contributed by atoms with Crippen molar-refractivity contribution in [3.05, 3.63) is 52.8 Å². The molecule has 0 saturated carbocycles. The van der Waals surface area contributed by atoms with Gasteiger partial charge < -0.3 is 11.1 Å². The fraction of sp³-hybridized carbons (Fsp3) is 0.294. The van der Waals surface area contributed by atoms with E-state index in [-0.39, 0.29) is 0 Å². The SMILES string of the molecule is CCc1cccc(CC)c1NC(N)=NCc1cn2ccsc2n1. The molecule has 0 saturated heterocycles. The van der Waals surface area contributed by atoms with E-state index in [2.05, 4.69) is 47.3 Å². The third-order valence-corrected chi connectivity index (χ3v) is 4.58. The molecule has 0 radical (unpaired) electrons. The Labute approximate surface area is 139 Å². The summed E-state index contributed by atoms with van der Waals surface area (Å²) in [5.74, 6) is 0.428. The number of aromatic nitrogens is 2. The van der Waals surface area contributed by atoms with E-state index in [1.807, 2.05) is 22.2 Å². The van der Waals surface area contributed by atoms with Gasteiger partial charge in [0.25, 0.3) is 0 Å². The largest absolute Gasteiger partial charge is 0.370 e. The minimum Gasteiger partial charge on any atom is -0.370 e. The second-order valence-corrected chi connectivity index (χ2v) is 6.18. The maximum atomic E-state index is 6.08. The zero-order valence-electron chi connectivity index (χ0n) is 13.4. The first-order valence-corrected chi connectivity index (χ1v) is 8.68. The van der Waals surface area contributed by atoms with E-state index >= 15 is 0 Å². The van der Waals surface area contributed by atoms with Gasteiger partial charge in [-0.15, -0.1) is 11.3 Å². The molecule has 0 bridgehead atoms. The van der Waals surface area contributed by atoms with Crippen LogP contribution in [0.1, 0.15) is 30.7 Å². The monoisotopic (exact) mass is 327 g/mol. The number of nitrogens with two attached hydrogens (primary N) is 1. The molecule has 0 aliphatic carbocycles. The van der Waals surface area contributed by atoms with Crippen LogP contribution in [0.4, 0.5) is 5.69 Å². The molecule has 3 rings (SSSR count). The van der Waals surface area contributed by atoms with Crippen LogP contribution in [0.3, 0.4) is 0 Å². The second-order valence-electron chi connectivity index (χ2n) is 5.31. The van der Waals surface area contributed by atoms with Crippen LogP contribution in [0, 0.1) is 0 Å². The number of aryl methyl sites for hydroxylation is 2. The summed E-state index contributed by atoms with van der Waals surface area (Å²) in [7, 11) is 0. The summed E-state index contributed by atoms with van der Waals surface area (Å²) < 4.78 is 2.00. The summed E-state index contributed by atoms with van der Waals surface area (Å²) in [6, 6.07) is 6.34. The highest BCUT2D eigenvalue weighted by atomic mass is 32.1. The number of aliphatic imine (C=N–C) groups is 1. The van der Waals surface area contributed by atoms with Crippen LogP contribution in [0.15, 0.2) is 41.0 Å². The van der Waals surface area contributed by atoms with E-state index < -0.39 is 0 Å². The van der Waals surface area contributed by atoms with Crippen molar-refractivity contribution >= 4 is 27.9 Å². The molecule has 23 heavy (non-hydrogen) atoms. The molecule has 2 heterocycles. The summed E-state index contributed by atoms with van der Waals surface area (Å²) in [6.45, 7) is 4.76. The maximum Gasteiger partial charge on any atom is 0.193 e. The first-order valence-electron chi connectivity index (χ1n) is 7.80. The fourth-order valence-electron chi connectivity index (χ4n) is 2.59. The first kappa shape index (κ1) is 15.6. The Kier molecular flexibility index (Phi) is 4.62. The summed E-state index contributed by atoms with van der Waals surface area (Å²) in [6.07, 6.45) is 5.90. The van der Waals surface area contributed by atoms with Crippen LogP contribution < -0.4 is 11.1 Å². The van der Waals surface area contributed by atoms with Crippen LogP contribution in [0.5, 0.6) is 0 Å². The molecule has 2 aromatic heterocycles. The number of nitrogens with zero attached hydrogens (tertiary/aromatic N) is 3. The lowest BCUT2D eigenvalue weighted by Gasteiger charge is -2.14. The van der Waals surface area contributed by atoms with E-state index in [9.17, 15) is 0 Å². The Morgan fingerprint density at radius 3 is 2.70 bits per heavy atom. The molecule has 0 fully saturated rings. The molecule has 0 unspecified atom stereocenters. The molecule has 3 N–H and O–H groups in total. The molecular formula is C17H21N5S. The highest BCUT2D eigenvalue weighted by Gasteiger charge is 2.07. The number of thiazole rings is 1. The highest BCUT2D eigenvalue weighted by molar-refractivity contribution is 7.15. The number of guanidine groups is 1. The molecule has 3 aromatic rings. The van der Waals surface area contributed by atoms with Crippen molar-refractivity contribution in [1.82, 2.24) is 9.38 Å². The topological polar surface area (TPSA) is 67.7 Å². The molecule has 0 aliphatic rings. The number of hydrogen-bond donors (Lipinski definition) is 2. The number of fused-ring (bicyclic) bond motifs is 1. The summed E-state index contributed by atoms with van der Waals surface area (Å²) in [4.78, 5) is 9.92. The Balaban J connectivity index is 1.75. The normalized spacial score (nSPS) is 12.0. The Bertz CT molecular complexity index is 780. The third-order valence-electron chi connectivity index (χ3n) is 3.81. The van der Waals surface area contributed by atoms with Gasteiger partial charge in [0.05, 0.1) is 12.2 Å². The van der Waals surface area contributed by atoms with Crippen LogP contribution in [0.25, 0.3) is 4.96 Å². The van der Waals surface area contributed by atoms with Gasteiger partial charge >= 0.3 is 0 Å². The van der Waals surface area contributed by atoms with Crippen LogP contribution in [-0.4, -0.2) is 15.3 Å². The van der Waals surface area contributed by atoms with E-state index in [1.54, 1.807) is 11.3 Å². The van der Waals surface area contributed by atoms with Gasteiger partial charge in [0.15, 0.2) is 10.9 Å². The number of hydrogen-bond acceptors (Lipinski definition) is 3. The number of benzene rings is 1. The average molecular weight is 327 g/mol. The fourth-order valence-corrected chi connectivity index (χ4v) is 3.31. The lowest BCUT2D eigenvalue weighted by molar-refractivity contribution is 1.01. The number of imidazole rings is 1. The molecule has 5 nitrogen and oxygen atoms in total. The van der Waals surface area contributed by atoms with E-state index in [0.717, 1.165) is 29.2 Å². The number of para-hydroxylation sites is 1. The van der Waals surface area contributed by atoms with Crippen molar-refractivity contribution in [1.29, 1.82) is 0 Å². The van der Waals surface area contributed by atoms with Crippen molar-refractivity contribution in [2.45, 2.75) is 33.2 Å². The van der Waals surface area contributed by atoms with Crippen molar-refractivity contribution in [3.8, 4) is 0 Å². The zero-order valence-corrected chi connectivity index (χ0v) is 14.2. The molecule has 0 spiro atoms. The third kappa shape index (κ3) is 3.37. The van der Waals surface area contributed by atoms with Gasteiger partial charge in [-0.3, -0.25) is 4.40 Å². The molecule has 0 aliphatic heterocycles. The van der Waals surface area contributed by atoms with Crippen LogP contribution in [0.2, 0.25) is 0 Å². The lowest BCUT2D eigenvalue weighted by atomic mass is 10.0. The highest BCUT2D eigenvalue weighted by Crippen LogP contribution is 2.22. The van der Waals surface area contributed by atoms with Crippen LogP contribution in [-0.2, 0) is 19.4 Å². The van der Waals surface area contributed by atoms with Gasteiger partial charge in [0.2, 0.25) is 0 Å². The summed E-state index contributed by atoms with van der Waals surface area (Å²) in [5.41, 5.74) is 10.6. The minimum atomic E-state index is 0.428. The molecule has 120 valence electrons. The molecule has 0 atom stereocenters. The van der Waals surface area contributed by atoms with Gasteiger partial charge in [0.1, 0.15) is 0 Å². The molecule has 0 amide bonds. The lowest BCUT2D eigenvalue weighted by Crippen LogP contribution is -2.24. The Morgan fingerprint density at radius 1 is 1.30 bits per heavy atom. The smallest absolute Gasteiger partial charge is 0.193 e. The summed E-state index contributed by atoms with van der Waals surface area (Å²) >= 11 is 1.61. The maximum absolute atomic E-state index is 6.08. The molecule has 6 heteroatoms. The van der Waals surface area contributed by atoms with Crippen molar-refractivity contribution < 1.29 is 0 Å². The number of anilines is 1. The van der Waals surface area contributed by atoms with Gasteiger partial charge in [0, 0.05) is 23.5 Å². The zero-order chi connectivity index (χ0) is 16.2. The summed E-state index contributed by atoms with van der Waals surface area (Å²) in [5, 5.41) is 5.29. The quantitative estimate of drug-likeness (QED) is 0.557. The van der Waals surface area contributed by atoms with Gasteiger partial charge in [-0.1, -0.05) is 32.0 Å². The van der Waals surface area contributed by atoms with Gasteiger partial charge in [-0.25, -0.2) is 9.98 Å². The Morgan fingerprint density at radius 2 is 2.04 bits per heavy atom.